The van der Waals surface area contributed by atoms with E-state index in [2.05, 4.69) is 25.8 Å². The minimum Gasteiger partial charge on any atom is -0.497 e. The van der Waals surface area contributed by atoms with E-state index in [-0.39, 0.29) is 24.1 Å². The summed E-state index contributed by atoms with van der Waals surface area (Å²) in [5, 5.41) is 13.4. The van der Waals surface area contributed by atoms with Crippen LogP contribution in [0.3, 0.4) is 0 Å². The SMILES string of the molecule is COc1ccc(C(NC(=O)Cc2ccccn2)c2[nH]nc3c2CCNC3=O)c(-c2ccc(N3CCCCC3=O)cc2)c1. The van der Waals surface area contributed by atoms with Gasteiger partial charge in [-0.3, -0.25) is 24.5 Å². The van der Waals surface area contributed by atoms with E-state index >= 15 is 0 Å². The second kappa shape index (κ2) is 11.9. The van der Waals surface area contributed by atoms with Gasteiger partial charge in [0.25, 0.3) is 5.91 Å². The standard InChI is InChI=1S/C32H32N6O4/c1-42-23-12-13-24(26(19-23)20-8-10-22(11-9-20)38-17-5-3-7-28(38)40)29(35-27(39)18-21-6-2-4-15-33-21)30-25-14-16-34-32(41)31(25)37-36-30/h2,4,6,8-13,15,19,29H,3,5,7,14,16-18H2,1H3,(H,34,41)(H,35,39)(H,36,37). The van der Waals surface area contributed by atoms with Crippen LogP contribution in [-0.4, -0.2) is 53.1 Å². The average Bonchev–Trinajstić information content (AvgIpc) is 3.46. The summed E-state index contributed by atoms with van der Waals surface area (Å²) in [5.41, 5.74) is 5.85. The van der Waals surface area contributed by atoms with Crippen molar-refractivity contribution in [2.45, 2.75) is 38.1 Å². The highest BCUT2D eigenvalue weighted by Crippen LogP contribution is 2.37. The van der Waals surface area contributed by atoms with Gasteiger partial charge in [0.1, 0.15) is 5.75 Å². The maximum atomic E-state index is 13.4. The third-order valence-electron chi connectivity index (χ3n) is 7.82. The smallest absolute Gasteiger partial charge is 0.272 e. The van der Waals surface area contributed by atoms with Crippen molar-refractivity contribution in [3.63, 3.8) is 0 Å². The van der Waals surface area contributed by atoms with Gasteiger partial charge in [-0.2, -0.15) is 5.10 Å². The number of pyridine rings is 1. The number of piperidine rings is 1. The first kappa shape index (κ1) is 27.2. The molecule has 2 aliphatic heterocycles. The van der Waals surface area contributed by atoms with E-state index in [0.717, 1.165) is 40.8 Å². The van der Waals surface area contributed by atoms with Gasteiger partial charge in [-0.05, 0) is 72.4 Å². The first-order valence-electron chi connectivity index (χ1n) is 14.1. The van der Waals surface area contributed by atoms with Gasteiger partial charge in [0.2, 0.25) is 11.8 Å². The second-order valence-corrected chi connectivity index (χ2v) is 10.5. The quantitative estimate of drug-likeness (QED) is 0.299. The van der Waals surface area contributed by atoms with Crippen molar-refractivity contribution in [3.05, 3.63) is 95.1 Å². The summed E-state index contributed by atoms with van der Waals surface area (Å²) in [7, 11) is 1.61. The van der Waals surface area contributed by atoms with Crippen LogP contribution in [0.1, 0.15) is 58.3 Å². The molecule has 0 saturated carbocycles. The number of anilines is 1. The molecule has 6 rings (SSSR count). The second-order valence-electron chi connectivity index (χ2n) is 10.5. The Bertz CT molecular complexity index is 1620. The number of carbonyl (C=O) groups excluding carboxylic acids is 3. The number of methoxy groups -OCH3 is 1. The largest absolute Gasteiger partial charge is 0.497 e. The predicted molar refractivity (Wildman–Crippen MR) is 157 cm³/mol. The maximum Gasteiger partial charge on any atom is 0.272 e. The summed E-state index contributed by atoms with van der Waals surface area (Å²) in [6.07, 6.45) is 4.82. The summed E-state index contributed by atoms with van der Waals surface area (Å²) >= 11 is 0. The molecule has 1 fully saturated rings. The van der Waals surface area contributed by atoms with E-state index < -0.39 is 6.04 Å². The molecule has 1 unspecified atom stereocenters. The summed E-state index contributed by atoms with van der Waals surface area (Å²) in [5.74, 6) is 0.339. The molecule has 2 aliphatic rings. The average molecular weight is 565 g/mol. The van der Waals surface area contributed by atoms with E-state index in [4.69, 9.17) is 4.74 Å². The van der Waals surface area contributed by atoms with Crippen LogP contribution in [0.2, 0.25) is 0 Å². The van der Waals surface area contributed by atoms with Gasteiger partial charge in [-0.1, -0.05) is 24.3 Å². The molecule has 1 saturated heterocycles. The first-order valence-corrected chi connectivity index (χ1v) is 14.1. The lowest BCUT2D eigenvalue weighted by Crippen LogP contribution is -2.35. The monoisotopic (exact) mass is 564 g/mol. The number of nitrogens with one attached hydrogen (secondary N) is 3. The van der Waals surface area contributed by atoms with Crippen LogP contribution < -0.4 is 20.3 Å². The Balaban J connectivity index is 1.41. The number of amides is 3. The number of nitrogens with zero attached hydrogens (tertiary/aromatic N) is 3. The molecule has 2 aromatic carbocycles. The normalized spacial score (nSPS) is 15.5. The molecule has 10 heteroatoms. The van der Waals surface area contributed by atoms with Crippen LogP contribution in [-0.2, 0) is 22.4 Å². The van der Waals surface area contributed by atoms with Crippen LogP contribution in [0.5, 0.6) is 5.75 Å². The van der Waals surface area contributed by atoms with Crippen LogP contribution in [0.15, 0.2) is 66.9 Å². The number of hydrogen-bond acceptors (Lipinski definition) is 6. The van der Waals surface area contributed by atoms with E-state index in [1.54, 1.807) is 13.3 Å². The van der Waals surface area contributed by atoms with Crippen molar-refractivity contribution in [2.24, 2.45) is 0 Å². The van der Waals surface area contributed by atoms with Gasteiger partial charge >= 0.3 is 0 Å². The zero-order valence-corrected chi connectivity index (χ0v) is 23.4. The fourth-order valence-corrected chi connectivity index (χ4v) is 5.69. The zero-order valence-electron chi connectivity index (χ0n) is 23.4. The molecule has 3 amide bonds. The molecule has 2 aromatic heterocycles. The lowest BCUT2D eigenvalue weighted by Gasteiger charge is -2.27. The van der Waals surface area contributed by atoms with Crippen LogP contribution in [0, 0.1) is 0 Å². The number of hydrogen-bond donors (Lipinski definition) is 3. The number of carbonyl (C=O) groups is 3. The summed E-state index contributed by atoms with van der Waals surface area (Å²) in [6.45, 7) is 1.20. The number of ether oxygens (including phenoxy) is 1. The highest BCUT2D eigenvalue weighted by molar-refractivity contribution is 5.95. The van der Waals surface area contributed by atoms with Crippen LogP contribution >= 0.6 is 0 Å². The first-order chi connectivity index (χ1) is 20.5. The molecule has 4 aromatic rings. The Hall–Kier alpha value is -4.99. The van der Waals surface area contributed by atoms with Crippen LogP contribution in [0.4, 0.5) is 5.69 Å². The minimum absolute atomic E-state index is 0.0954. The lowest BCUT2D eigenvalue weighted by molar-refractivity contribution is -0.121. The molecule has 0 spiro atoms. The molecule has 214 valence electrons. The Kier molecular flexibility index (Phi) is 7.68. The van der Waals surface area contributed by atoms with Crippen molar-refractivity contribution in [3.8, 4) is 16.9 Å². The van der Waals surface area contributed by atoms with E-state index in [1.165, 1.54) is 0 Å². The number of H-pyrrole nitrogens is 1. The topological polar surface area (TPSA) is 129 Å². The molecule has 0 aliphatic carbocycles. The Morgan fingerprint density at radius 1 is 1.07 bits per heavy atom. The molecule has 3 N–H and O–H groups in total. The Morgan fingerprint density at radius 2 is 1.93 bits per heavy atom. The van der Waals surface area contributed by atoms with Crippen molar-refractivity contribution in [2.75, 3.05) is 25.1 Å². The molecule has 1 atom stereocenters. The summed E-state index contributed by atoms with van der Waals surface area (Å²) in [4.78, 5) is 44.6. The molecular weight excluding hydrogens is 532 g/mol. The van der Waals surface area contributed by atoms with E-state index in [0.29, 0.717) is 48.8 Å². The molecule has 10 nitrogen and oxygen atoms in total. The zero-order chi connectivity index (χ0) is 29.1. The molecular formula is C32H32N6O4. The highest BCUT2D eigenvalue weighted by atomic mass is 16.5. The summed E-state index contributed by atoms with van der Waals surface area (Å²) in [6, 6.07) is 18.4. The number of aromatic nitrogens is 3. The van der Waals surface area contributed by atoms with Crippen molar-refractivity contribution in [1.29, 1.82) is 0 Å². The fourth-order valence-electron chi connectivity index (χ4n) is 5.69. The number of fused-ring (bicyclic) bond motifs is 1. The molecule has 42 heavy (non-hydrogen) atoms. The molecule has 0 radical (unpaired) electrons. The molecule has 4 heterocycles. The third kappa shape index (κ3) is 5.47. The van der Waals surface area contributed by atoms with Gasteiger partial charge in [-0.15, -0.1) is 0 Å². The van der Waals surface area contributed by atoms with Gasteiger partial charge in [0, 0.05) is 42.7 Å². The number of aromatic amines is 1. The third-order valence-corrected chi connectivity index (χ3v) is 7.82. The fraction of sp³-hybridized carbons (Fsp3) is 0.281. The van der Waals surface area contributed by atoms with Crippen molar-refractivity contribution < 1.29 is 19.1 Å². The molecule has 0 bridgehead atoms. The Morgan fingerprint density at radius 3 is 2.69 bits per heavy atom. The number of rotatable bonds is 8. The highest BCUT2D eigenvalue weighted by Gasteiger charge is 2.31. The van der Waals surface area contributed by atoms with Crippen molar-refractivity contribution in [1.82, 2.24) is 25.8 Å². The van der Waals surface area contributed by atoms with E-state index in [1.807, 2.05) is 65.6 Å². The maximum absolute atomic E-state index is 13.4. The van der Waals surface area contributed by atoms with Gasteiger partial charge in [-0.25, -0.2) is 0 Å². The van der Waals surface area contributed by atoms with Gasteiger partial charge < -0.3 is 20.3 Å². The van der Waals surface area contributed by atoms with Crippen molar-refractivity contribution >= 4 is 23.4 Å². The predicted octanol–water partition coefficient (Wildman–Crippen LogP) is 3.73. The lowest BCUT2D eigenvalue weighted by atomic mass is 9.90. The van der Waals surface area contributed by atoms with Crippen LogP contribution in [0.25, 0.3) is 11.1 Å². The summed E-state index contributed by atoms with van der Waals surface area (Å²) < 4.78 is 5.58. The van der Waals surface area contributed by atoms with E-state index in [9.17, 15) is 14.4 Å². The Labute approximate surface area is 243 Å². The minimum atomic E-state index is -0.632. The van der Waals surface area contributed by atoms with Gasteiger partial charge in [0.05, 0.1) is 25.3 Å². The number of benzene rings is 2. The van der Waals surface area contributed by atoms with Gasteiger partial charge in [0.15, 0.2) is 5.69 Å².